The molecular weight excluding hydrogens is 248 g/mol. The topological polar surface area (TPSA) is 46.5 Å². The standard InChI is InChI=1S/C14H18O3S/c1-17-12-7-10(5-6-13(12)18-2)11(8-14(15)16)9-3-4-9/h5-7,9,11H,3-4,8H2,1-2H3,(H,15,16). The molecule has 1 aromatic carbocycles. The Morgan fingerprint density at radius 1 is 1.56 bits per heavy atom. The highest BCUT2D eigenvalue weighted by atomic mass is 32.2. The van der Waals surface area contributed by atoms with Gasteiger partial charge in [-0.3, -0.25) is 4.79 Å². The molecule has 1 saturated carbocycles. The molecule has 4 heteroatoms. The van der Waals surface area contributed by atoms with Gasteiger partial charge in [-0.25, -0.2) is 0 Å². The van der Waals surface area contributed by atoms with E-state index < -0.39 is 5.97 Å². The molecule has 1 aliphatic carbocycles. The average molecular weight is 266 g/mol. The number of methoxy groups -OCH3 is 1. The Balaban J connectivity index is 2.26. The molecule has 0 amide bonds. The molecule has 2 rings (SSSR count). The fourth-order valence-electron chi connectivity index (χ4n) is 2.33. The van der Waals surface area contributed by atoms with E-state index in [4.69, 9.17) is 9.84 Å². The van der Waals surface area contributed by atoms with Crippen molar-refractivity contribution in [3.8, 4) is 5.75 Å². The van der Waals surface area contributed by atoms with Crippen LogP contribution in [0.15, 0.2) is 23.1 Å². The Bertz CT molecular complexity index is 441. The lowest BCUT2D eigenvalue weighted by Gasteiger charge is -2.16. The zero-order chi connectivity index (χ0) is 13.1. The number of carboxylic acid groups (broad SMARTS) is 1. The average Bonchev–Trinajstić information content (AvgIpc) is 3.19. The molecule has 1 atom stereocenters. The molecule has 3 nitrogen and oxygen atoms in total. The maximum atomic E-state index is 11.0. The smallest absolute Gasteiger partial charge is 0.303 e. The minimum absolute atomic E-state index is 0.132. The first-order valence-electron chi connectivity index (χ1n) is 6.09. The summed E-state index contributed by atoms with van der Waals surface area (Å²) in [7, 11) is 1.65. The zero-order valence-electron chi connectivity index (χ0n) is 10.7. The third kappa shape index (κ3) is 2.99. The second-order valence-electron chi connectivity index (χ2n) is 4.66. The summed E-state index contributed by atoms with van der Waals surface area (Å²) >= 11 is 1.64. The number of hydrogen-bond donors (Lipinski definition) is 1. The SMILES string of the molecule is COc1cc(C(CC(=O)O)C2CC2)ccc1SC. The molecular formula is C14H18O3S. The molecule has 0 aromatic heterocycles. The van der Waals surface area contributed by atoms with Gasteiger partial charge in [0.15, 0.2) is 0 Å². The van der Waals surface area contributed by atoms with Gasteiger partial charge in [-0.05, 0) is 48.6 Å². The van der Waals surface area contributed by atoms with Gasteiger partial charge < -0.3 is 9.84 Å². The van der Waals surface area contributed by atoms with Crippen LogP contribution in [0.2, 0.25) is 0 Å². The number of benzene rings is 1. The lowest BCUT2D eigenvalue weighted by atomic mass is 9.91. The van der Waals surface area contributed by atoms with Crippen molar-refractivity contribution in [1.82, 2.24) is 0 Å². The number of hydrogen-bond acceptors (Lipinski definition) is 3. The number of carbonyl (C=O) groups is 1. The van der Waals surface area contributed by atoms with Crippen LogP contribution in [-0.4, -0.2) is 24.4 Å². The first-order valence-corrected chi connectivity index (χ1v) is 7.32. The fraction of sp³-hybridized carbons (Fsp3) is 0.500. The van der Waals surface area contributed by atoms with Crippen LogP contribution in [0.5, 0.6) is 5.75 Å². The van der Waals surface area contributed by atoms with E-state index in [-0.39, 0.29) is 12.3 Å². The van der Waals surface area contributed by atoms with Crippen LogP contribution in [0, 0.1) is 5.92 Å². The molecule has 1 unspecified atom stereocenters. The molecule has 0 saturated heterocycles. The van der Waals surface area contributed by atoms with Gasteiger partial charge in [-0.2, -0.15) is 0 Å². The van der Waals surface area contributed by atoms with Crippen LogP contribution < -0.4 is 4.74 Å². The third-order valence-electron chi connectivity index (χ3n) is 3.42. The molecule has 1 aromatic rings. The van der Waals surface area contributed by atoms with Crippen LogP contribution in [-0.2, 0) is 4.79 Å². The Labute approximate surface area is 112 Å². The van der Waals surface area contributed by atoms with E-state index in [1.807, 2.05) is 24.5 Å². The Hall–Kier alpha value is -1.16. The van der Waals surface area contributed by atoms with E-state index in [1.54, 1.807) is 18.9 Å². The van der Waals surface area contributed by atoms with Crippen molar-refractivity contribution >= 4 is 17.7 Å². The summed E-state index contributed by atoms with van der Waals surface area (Å²) in [6.07, 6.45) is 4.51. The van der Waals surface area contributed by atoms with Gasteiger partial charge >= 0.3 is 5.97 Å². The molecule has 0 bridgehead atoms. The number of aliphatic carboxylic acids is 1. The summed E-state index contributed by atoms with van der Waals surface area (Å²) in [5.74, 6) is 0.786. The first-order chi connectivity index (χ1) is 8.65. The van der Waals surface area contributed by atoms with E-state index in [9.17, 15) is 4.79 Å². The molecule has 0 spiro atoms. The highest BCUT2D eigenvalue weighted by molar-refractivity contribution is 7.98. The van der Waals surface area contributed by atoms with Crippen LogP contribution in [0.4, 0.5) is 0 Å². The summed E-state index contributed by atoms with van der Waals surface area (Å²) in [5, 5.41) is 9.01. The Morgan fingerprint density at radius 2 is 2.28 bits per heavy atom. The maximum Gasteiger partial charge on any atom is 0.303 e. The van der Waals surface area contributed by atoms with Crippen molar-refractivity contribution in [2.45, 2.75) is 30.1 Å². The van der Waals surface area contributed by atoms with E-state index >= 15 is 0 Å². The summed E-state index contributed by atoms with van der Waals surface area (Å²) in [4.78, 5) is 12.0. The summed E-state index contributed by atoms with van der Waals surface area (Å²) in [6.45, 7) is 0. The number of thioether (sulfide) groups is 1. The van der Waals surface area contributed by atoms with Crippen molar-refractivity contribution in [2.75, 3.05) is 13.4 Å². The van der Waals surface area contributed by atoms with E-state index in [0.717, 1.165) is 29.1 Å². The minimum Gasteiger partial charge on any atom is -0.496 e. The van der Waals surface area contributed by atoms with Gasteiger partial charge in [-0.15, -0.1) is 11.8 Å². The lowest BCUT2D eigenvalue weighted by molar-refractivity contribution is -0.137. The van der Waals surface area contributed by atoms with Gasteiger partial charge in [0.1, 0.15) is 5.75 Å². The van der Waals surface area contributed by atoms with Crippen molar-refractivity contribution in [2.24, 2.45) is 5.92 Å². The molecule has 18 heavy (non-hydrogen) atoms. The molecule has 98 valence electrons. The lowest BCUT2D eigenvalue weighted by Crippen LogP contribution is -2.08. The molecule has 0 aliphatic heterocycles. The Morgan fingerprint density at radius 3 is 2.78 bits per heavy atom. The van der Waals surface area contributed by atoms with Crippen molar-refractivity contribution in [3.63, 3.8) is 0 Å². The largest absolute Gasteiger partial charge is 0.496 e. The normalized spacial score (nSPS) is 16.3. The van der Waals surface area contributed by atoms with Crippen LogP contribution >= 0.6 is 11.8 Å². The molecule has 0 heterocycles. The third-order valence-corrected chi connectivity index (χ3v) is 4.20. The predicted octanol–water partition coefficient (Wildman–Crippen LogP) is 3.39. The second-order valence-corrected chi connectivity index (χ2v) is 5.50. The molecule has 1 fully saturated rings. The van der Waals surface area contributed by atoms with Crippen molar-refractivity contribution in [3.05, 3.63) is 23.8 Å². The summed E-state index contributed by atoms with van der Waals surface area (Å²) < 4.78 is 5.36. The molecule has 1 aliphatic rings. The van der Waals surface area contributed by atoms with E-state index in [1.165, 1.54) is 0 Å². The monoisotopic (exact) mass is 266 g/mol. The van der Waals surface area contributed by atoms with Crippen LogP contribution in [0.3, 0.4) is 0 Å². The van der Waals surface area contributed by atoms with Gasteiger partial charge in [0.2, 0.25) is 0 Å². The van der Waals surface area contributed by atoms with Gasteiger partial charge in [0.05, 0.1) is 13.5 Å². The zero-order valence-corrected chi connectivity index (χ0v) is 11.5. The fourth-order valence-corrected chi connectivity index (χ4v) is 2.87. The minimum atomic E-state index is -0.722. The van der Waals surface area contributed by atoms with Gasteiger partial charge in [0, 0.05) is 4.90 Å². The first kappa shape index (κ1) is 13.3. The molecule has 0 radical (unpaired) electrons. The number of carboxylic acids is 1. The highest BCUT2D eigenvalue weighted by Gasteiger charge is 2.34. The second kappa shape index (κ2) is 5.65. The highest BCUT2D eigenvalue weighted by Crippen LogP contribution is 2.45. The number of rotatable bonds is 6. The van der Waals surface area contributed by atoms with Gasteiger partial charge in [0.25, 0.3) is 0 Å². The van der Waals surface area contributed by atoms with Crippen molar-refractivity contribution < 1.29 is 14.6 Å². The Kier molecular flexibility index (Phi) is 4.17. The van der Waals surface area contributed by atoms with E-state index in [2.05, 4.69) is 0 Å². The van der Waals surface area contributed by atoms with Gasteiger partial charge in [-0.1, -0.05) is 6.07 Å². The maximum absolute atomic E-state index is 11.0. The number of ether oxygens (including phenoxy) is 1. The van der Waals surface area contributed by atoms with Crippen LogP contribution in [0.25, 0.3) is 0 Å². The summed E-state index contributed by atoms with van der Waals surface area (Å²) in [6, 6.07) is 6.06. The quantitative estimate of drug-likeness (QED) is 0.802. The summed E-state index contributed by atoms with van der Waals surface area (Å²) in [5.41, 5.74) is 1.09. The predicted molar refractivity (Wildman–Crippen MR) is 72.5 cm³/mol. The van der Waals surface area contributed by atoms with E-state index in [0.29, 0.717) is 5.92 Å². The van der Waals surface area contributed by atoms with Crippen LogP contribution in [0.1, 0.15) is 30.7 Å². The van der Waals surface area contributed by atoms with Crippen molar-refractivity contribution in [1.29, 1.82) is 0 Å². The molecule has 1 N–H and O–H groups in total.